The molecule has 0 radical (unpaired) electrons. The van der Waals surface area contributed by atoms with Crippen molar-refractivity contribution in [2.75, 3.05) is 5.88 Å². The summed E-state index contributed by atoms with van der Waals surface area (Å²) in [5, 5.41) is 4.54. The molecule has 0 aromatic carbocycles. The van der Waals surface area contributed by atoms with E-state index in [1.165, 1.54) is 18.5 Å². The fraction of sp³-hybridized carbons (Fsp3) is 0.667. The molecule has 0 atom stereocenters. The molecule has 1 fully saturated rings. The molecule has 2 heterocycles. The standard InChI is InChI=1S/C12H17ClN4/c1-3-9-11-12(16(2)15-9)17(8-4-5-8)10(14-11)6-7-13/h8H,3-7H2,1-2H3. The van der Waals surface area contributed by atoms with Crippen molar-refractivity contribution in [2.24, 2.45) is 7.05 Å². The molecule has 0 N–H and O–H groups in total. The summed E-state index contributed by atoms with van der Waals surface area (Å²) in [6, 6.07) is 0.623. The molecule has 3 rings (SSSR count). The Hall–Kier alpha value is -1.03. The lowest BCUT2D eigenvalue weighted by Gasteiger charge is -2.06. The highest BCUT2D eigenvalue weighted by molar-refractivity contribution is 6.17. The minimum absolute atomic E-state index is 0.623. The molecule has 92 valence electrons. The van der Waals surface area contributed by atoms with Crippen LogP contribution < -0.4 is 0 Å². The van der Waals surface area contributed by atoms with E-state index in [4.69, 9.17) is 16.6 Å². The Labute approximate surface area is 106 Å². The number of nitrogens with zero attached hydrogens (tertiary/aromatic N) is 4. The number of hydrogen-bond acceptors (Lipinski definition) is 2. The van der Waals surface area contributed by atoms with Crippen LogP contribution >= 0.6 is 11.6 Å². The smallest absolute Gasteiger partial charge is 0.158 e. The highest BCUT2D eigenvalue weighted by atomic mass is 35.5. The fourth-order valence-electron chi connectivity index (χ4n) is 2.46. The van der Waals surface area contributed by atoms with Gasteiger partial charge in [0.1, 0.15) is 11.3 Å². The summed E-state index contributed by atoms with van der Waals surface area (Å²) in [7, 11) is 2.01. The van der Waals surface area contributed by atoms with Crippen molar-refractivity contribution >= 4 is 22.8 Å². The first-order valence-corrected chi connectivity index (χ1v) is 6.78. The number of fused-ring (bicyclic) bond motifs is 1. The van der Waals surface area contributed by atoms with Gasteiger partial charge in [-0.1, -0.05) is 6.92 Å². The zero-order valence-electron chi connectivity index (χ0n) is 10.3. The van der Waals surface area contributed by atoms with Crippen molar-refractivity contribution in [1.29, 1.82) is 0 Å². The summed E-state index contributed by atoms with van der Waals surface area (Å²) in [5.74, 6) is 1.76. The number of aromatic nitrogens is 4. The summed E-state index contributed by atoms with van der Waals surface area (Å²) >= 11 is 5.87. The number of aryl methyl sites for hydroxylation is 3. The number of halogens is 1. The molecule has 0 saturated heterocycles. The maximum Gasteiger partial charge on any atom is 0.158 e. The van der Waals surface area contributed by atoms with Crippen molar-refractivity contribution < 1.29 is 0 Å². The lowest BCUT2D eigenvalue weighted by atomic mass is 10.3. The van der Waals surface area contributed by atoms with E-state index >= 15 is 0 Å². The Kier molecular flexibility index (Phi) is 2.62. The first-order valence-electron chi connectivity index (χ1n) is 6.25. The molecule has 4 nitrogen and oxygen atoms in total. The minimum atomic E-state index is 0.623. The molecule has 0 bridgehead atoms. The van der Waals surface area contributed by atoms with Crippen LogP contribution in [0.4, 0.5) is 0 Å². The average molecular weight is 253 g/mol. The van der Waals surface area contributed by atoms with Gasteiger partial charge in [-0.25, -0.2) is 4.98 Å². The quantitative estimate of drug-likeness (QED) is 0.784. The van der Waals surface area contributed by atoms with E-state index in [2.05, 4.69) is 16.6 Å². The molecule has 1 saturated carbocycles. The molecule has 0 spiro atoms. The van der Waals surface area contributed by atoms with Crippen molar-refractivity contribution in [3.8, 4) is 0 Å². The summed E-state index contributed by atoms with van der Waals surface area (Å²) in [6.07, 6.45) is 4.29. The van der Waals surface area contributed by atoms with Crippen LogP contribution in [0.5, 0.6) is 0 Å². The van der Waals surface area contributed by atoms with Crippen molar-refractivity contribution in [1.82, 2.24) is 19.3 Å². The van der Waals surface area contributed by atoms with Crippen molar-refractivity contribution in [3.63, 3.8) is 0 Å². The van der Waals surface area contributed by atoms with Crippen LogP contribution in [0.15, 0.2) is 0 Å². The molecule has 1 aliphatic rings. The van der Waals surface area contributed by atoms with Gasteiger partial charge < -0.3 is 4.57 Å². The second-order valence-electron chi connectivity index (χ2n) is 4.66. The lowest BCUT2D eigenvalue weighted by molar-refractivity contribution is 0.661. The predicted molar refractivity (Wildman–Crippen MR) is 68.6 cm³/mol. The molecule has 0 aliphatic heterocycles. The number of alkyl halides is 1. The Balaban J connectivity index is 2.23. The third kappa shape index (κ3) is 1.66. The van der Waals surface area contributed by atoms with E-state index < -0.39 is 0 Å². The second kappa shape index (κ2) is 4.02. The summed E-state index contributed by atoms with van der Waals surface area (Å²) in [5.41, 5.74) is 3.34. The largest absolute Gasteiger partial charge is 0.310 e. The highest BCUT2D eigenvalue weighted by Gasteiger charge is 2.30. The van der Waals surface area contributed by atoms with E-state index in [1.807, 2.05) is 11.7 Å². The number of rotatable bonds is 4. The van der Waals surface area contributed by atoms with Gasteiger partial charge in [0.15, 0.2) is 5.65 Å². The Morgan fingerprint density at radius 3 is 2.76 bits per heavy atom. The van der Waals surface area contributed by atoms with Crippen LogP contribution in [0.1, 0.15) is 37.3 Å². The second-order valence-corrected chi connectivity index (χ2v) is 5.04. The molecule has 17 heavy (non-hydrogen) atoms. The van der Waals surface area contributed by atoms with Crippen LogP contribution in [0, 0.1) is 0 Å². The Bertz CT molecular complexity index is 550. The maximum atomic E-state index is 5.87. The van der Waals surface area contributed by atoms with Crippen LogP contribution in [0.2, 0.25) is 0 Å². The minimum Gasteiger partial charge on any atom is -0.310 e. The van der Waals surface area contributed by atoms with Crippen LogP contribution in [0.25, 0.3) is 11.2 Å². The zero-order valence-corrected chi connectivity index (χ0v) is 11.0. The molecular weight excluding hydrogens is 236 g/mol. The monoisotopic (exact) mass is 252 g/mol. The zero-order chi connectivity index (χ0) is 12.0. The van der Waals surface area contributed by atoms with Gasteiger partial charge in [0.05, 0.1) is 5.69 Å². The highest BCUT2D eigenvalue weighted by Crippen LogP contribution is 2.39. The predicted octanol–water partition coefficient (Wildman–Crippen LogP) is 2.45. The van der Waals surface area contributed by atoms with Gasteiger partial charge in [-0.3, -0.25) is 4.68 Å². The third-order valence-corrected chi connectivity index (χ3v) is 3.56. The molecular formula is C12H17ClN4. The fourth-order valence-corrected chi connectivity index (χ4v) is 2.63. The summed E-state index contributed by atoms with van der Waals surface area (Å²) in [6.45, 7) is 2.12. The van der Waals surface area contributed by atoms with Crippen molar-refractivity contribution in [3.05, 3.63) is 11.5 Å². The summed E-state index contributed by atoms with van der Waals surface area (Å²) in [4.78, 5) is 4.75. The maximum absolute atomic E-state index is 5.87. The normalized spacial score (nSPS) is 15.9. The first kappa shape index (κ1) is 11.1. The van der Waals surface area contributed by atoms with Crippen LogP contribution in [0.3, 0.4) is 0 Å². The third-order valence-electron chi connectivity index (χ3n) is 3.37. The van der Waals surface area contributed by atoms with Crippen molar-refractivity contribution in [2.45, 2.75) is 38.6 Å². The number of imidazole rings is 1. The Morgan fingerprint density at radius 1 is 1.41 bits per heavy atom. The van der Waals surface area contributed by atoms with E-state index in [9.17, 15) is 0 Å². The Morgan fingerprint density at radius 2 is 2.18 bits per heavy atom. The van der Waals surface area contributed by atoms with Gasteiger partial charge in [0, 0.05) is 25.4 Å². The van der Waals surface area contributed by atoms with Gasteiger partial charge in [-0.2, -0.15) is 5.10 Å². The summed E-state index contributed by atoms with van der Waals surface area (Å²) < 4.78 is 4.32. The van der Waals surface area contributed by atoms with Gasteiger partial charge >= 0.3 is 0 Å². The van der Waals surface area contributed by atoms with E-state index in [-0.39, 0.29) is 0 Å². The lowest BCUT2D eigenvalue weighted by Crippen LogP contribution is -2.06. The van der Waals surface area contributed by atoms with E-state index in [0.29, 0.717) is 11.9 Å². The van der Waals surface area contributed by atoms with Crippen LogP contribution in [-0.2, 0) is 19.9 Å². The van der Waals surface area contributed by atoms with Gasteiger partial charge in [-0.15, -0.1) is 11.6 Å². The SMILES string of the molecule is CCc1nn(C)c2c1nc(CCCl)n2C1CC1. The molecule has 2 aromatic rings. The van der Waals surface area contributed by atoms with Gasteiger partial charge in [-0.05, 0) is 19.3 Å². The van der Waals surface area contributed by atoms with E-state index in [1.54, 1.807) is 0 Å². The van der Waals surface area contributed by atoms with E-state index in [0.717, 1.165) is 29.9 Å². The molecule has 1 aliphatic carbocycles. The molecule has 5 heteroatoms. The topological polar surface area (TPSA) is 35.6 Å². The van der Waals surface area contributed by atoms with Gasteiger partial charge in [0.25, 0.3) is 0 Å². The molecule has 2 aromatic heterocycles. The molecule has 0 amide bonds. The molecule has 0 unspecified atom stereocenters. The average Bonchev–Trinajstić information content (AvgIpc) is 3.01. The van der Waals surface area contributed by atoms with Gasteiger partial charge in [0.2, 0.25) is 0 Å². The number of hydrogen-bond donors (Lipinski definition) is 0. The van der Waals surface area contributed by atoms with Crippen LogP contribution in [-0.4, -0.2) is 25.2 Å². The first-order chi connectivity index (χ1) is 8.26.